The van der Waals surface area contributed by atoms with Crippen LogP contribution in [0.1, 0.15) is 36.0 Å². The van der Waals surface area contributed by atoms with Crippen molar-refractivity contribution >= 4 is 5.91 Å². The molecule has 1 amide bonds. The van der Waals surface area contributed by atoms with Gasteiger partial charge < -0.3 is 19.8 Å². The number of carbonyl (C=O) groups excluding carboxylic acids is 1. The van der Waals surface area contributed by atoms with E-state index < -0.39 is 17.1 Å². The first kappa shape index (κ1) is 21.6. The number of pyridine rings is 1. The highest BCUT2D eigenvalue weighted by Crippen LogP contribution is 2.65. The van der Waals surface area contributed by atoms with Gasteiger partial charge in [-0.05, 0) is 61.6 Å². The van der Waals surface area contributed by atoms with Crippen LogP contribution < -0.4 is 4.74 Å². The van der Waals surface area contributed by atoms with Crippen LogP contribution in [-0.4, -0.2) is 74.8 Å². The summed E-state index contributed by atoms with van der Waals surface area (Å²) < 4.78 is 6.55. The van der Waals surface area contributed by atoms with Crippen molar-refractivity contribution in [3.05, 3.63) is 66.0 Å². The Balaban J connectivity index is 1.41. The van der Waals surface area contributed by atoms with Crippen LogP contribution in [-0.2, 0) is 23.1 Å². The number of phenols is 1. The molecule has 1 saturated carbocycles. The molecule has 2 N–H and O–H groups in total. The number of amides is 1. The molecule has 7 nitrogen and oxygen atoms in total. The van der Waals surface area contributed by atoms with E-state index in [4.69, 9.17) is 4.74 Å². The Morgan fingerprint density at radius 1 is 1.32 bits per heavy atom. The quantitative estimate of drug-likeness (QED) is 0.664. The van der Waals surface area contributed by atoms with E-state index in [9.17, 15) is 15.0 Å². The molecule has 1 aromatic carbocycles. The van der Waals surface area contributed by atoms with E-state index in [-0.39, 0.29) is 23.7 Å². The summed E-state index contributed by atoms with van der Waals surface area (Å²) in [6.07, 6.45) is 7.83. The summed E-state index contributed by atoms with van der Waals surface area (Å²) in [5.41, 5.74) is 1.38. The van der Waals surface area contributed by atoms with Gasteiger partial charge >= 0.3 is 0 Å². The molecule has 1 saturated heterocycles. The smallest absolute Gasteiger partial charge is 0.227 e. The summed E-state index contributed by atoms with van der Waals surface area (Å²) in [5, 5.41) is 23.2. The molecule has 1 aromatic heterocycles. The molecule has 6 rings (SSSR count). The lowest BCUT2D eigenvalue weighted by atomic mass is 9.48. The molecule has 3 heterocycles. The van der Waals surface area contributed by atoms with Crippen LogP contribution in [0.15, 0.2) is 49.3 Å². The van der Waals surface area contributed by atoms with E-state index in [1.54, 1.807) is 18.5 Å². The standard InChI is InChI=1S/C27H31N3O4/c1-3-13-30-14-10-26-23-18-4-5-20(31)24(23)34-25(26)19(6-9-27(26,33)21(30)16-18)29(2)22(32)15-17-7-11-28-12-8-17/h3-5,7-8,11-12,19,21,25,31,33H,1,6,9-10,13-16H2,2H3/t19-,21-,25+,26+,27-/m1/s1. The highest BCUT2D eigenvalue weighted by molar-refractivity contribution is 5.79. The van der Waals surface area contributed by atoms with Crippen molar-refractivity contribution in [1.29, 1.82) is 0 Å². The SMILES string of the molecule is C=CCN1CC[C@]23c4c5ccc(O)c4O[C@H]2[C@H](N(C)C(=O)Cc2ccncc2)CC[C@@]3(O)[C@H]1C5. The number of nitrogens with zero attached hydrogens (tertiary/aromatic N) is 3. The molecule has 2 fully saturated rings. The Labute approximate surface area is 199 Å². The van der Waals surface area contributed by atoms with Crippen LogP contribution in [0.25, 0.3) is 0 Å². The number of phenolic OH excluding ortho intramolecular Hbond substituents is 1. The van der Waals surface area contributed by atoms with E-state index in [2.05, 4.69) is 16.5 Å². The van der Waals surface area contributed by atoms with E-state index in [0.29, 0.717) is 37.9 Å². The third kappa shape index (κ3) is 2.71. The molecular formula is C27H31N3O4. The second kappa shape index (κ2) is 7.55. The van der Waals surface area contributed by atoms with Crippen molar-refractivity contribution in [2.75, 3.05) is 20.1 Å². The number of ether oxygens (including phenoxy) is 1. The average Bonchev–Trinajstić information content (AvgIpc) is 3.18. The Bertz CT molecular complexity index is 1150. The molecule has 1 spiro atoms. The van der Waals surface area contributed by atoms with Crippen molar-refractivity contribution in [3.8, 4) is 11.5 Å². The minimum absolute atomic E-state index is 0.0125. The van der Waals surface area contributed by atoms with E-state index in [1.807, 2.05) is 36.2 Å². The zero-order chi connectivity index (χ0) is 23.7. The molecule has 0 unspecified atom stereocenters. The van der Waals surface area contributed by atoms with E-state index in [0.717, 1.165) is 29.8 Å². The fourth-order valence-electron chi connectivity index (χ4n) is 7.37. The van der Waals surface area contributed by atoms with Crippen LogP contribution in [0.5, 0.6) is 11.5 Å². The van der Waals surface area contributed by atoms with Gasteiger partial charge in [-0.15, -0.1) is 6.58 Å². The Kier molecular flexibility index (Phi) is 4.80. The van der Waals surface area contributed by atoms with Crippen molar-refractivity contribution in [3.63, 3.8) is 0 Å². The second-order valence-corrected chi connectivity index (χ2v) is 10.3. The summed E-state index contributed by atoms with van der Waals surface area (Å²) >= 11 is 0. The molecule has 2 aliphatic carbocycles. The lowest BCUT2D eigenvalue weighted by Crippen LogP contribution is -2.78. The van der Waals surface area contributed by atoms with Gasteiger partial charge in [-0.2, -0.15) is 0 Å². The molecule has 4 aliphatic rings. The monoisotopic (exact) mass is 461 g/mol. The molecule has 2 aliphatic heterocycles. The van der Waals surface area contributed by atoms with Gasteiger partial charge in [0.2, 0.25) is 5.91 Å². The number of hydrogen-bond donors (Lipinski definition) is 2. The van der Waals surface area contributed by atoms with Crippen LogP contribution in [0.4, 0.5) is 0 Å². The fraction of sp³-hybridized carbons (Fsp3) is 0.481. The average molecular weight is 462 g/mol. The van der Waals surface area contributed by atoms with Gasteiger partial charge in [0, 0.05) is 37.6 Å². The van der Waals surface area contributed by atoms with Crippen LogP contribution >= 0.6 is 0 Å². The van der Waals surface area contributed by atoms with Crippen molar-refractivity contribution in [2.24, 2.45) is 0 Å². The van der Waals surface area contributed by atoms with Crippen molar-refractivity contribution < 1.29 is 19.7 Å². The second-order valence-electron chi connectivity index (χ2n) is 10.3. The van der Waals surface area contributed by atoms with Gasteiger partial charge in [0.25, 0.3) is 0 Å². The molecular weight excluding hydrogens is 430 g/mol. The lowest BCUT2D eigenvalue weighted by molar-refractivity contribution is -0.198. The number of rotatable bonds is 5. The fourth-order valence-corrected chi connectivity index (χ4v) is 7.37. The first-order valence-electron chi connectivity index (χ1n) is 12.1. The Hall–Kier alpha value is -2.90. The maximum atomic E-state index is 13.3. The first-order valence-corrected chi connectivity index (χ1v) is 12.1. The minimum Gasteiger partial charge on any atom is -0.504 e. The van der Waals surface area contributed by atoms with Gasteiger partial charge in [0.1, 0.15) is 6.10 Å². The van der Waals surface area contributed by atoms with Crippen LogP contribution in [0.3, 0.4) is 0 Å². The molecule has 7 heteroatoms. The predicted molar refractivity (Wildman–Crippen MR) is 127 cm³/mol. The van der Waals surface area contributed by atoms with Crippen LogP contribution in [0.2, 0.25) is 0 Å². The Morgan fingerprint density at radius 2 is 2.12 bits per heavy atom. The van der Waals surface area contributed by atoms with Gasteiger partial charge in [-0.25, -0.2) is 0 Å². The summed E-state index contributed by atoms with van der Waals surface area (Å²) in [6, 6.07) is 7.15. The van der Waals surface area contributed by atoms with Crippen LogP contribution in [0, 0.1) is 0 Å². The van der Waals surface area contributed by atoms with Crippen molar-refractivity contribution in [1.82, 2.24) is 14.8 Å². The number of likely N-dealkylation sites (tertiary alicyclic amines) is 1. The molecule has 2 aromatic rings. The summed E-state index contributed by atoms with van der Waals surface area (Å²) in [7, 11) is 1.84. The van der Waals surface area contributed by atoms with Gasteiger partial charge in [-0.3, -0.25) is 14.7 Å². The normalized spacial score (nSPS) is 33.1. The van der Waals surface area contributed by atoms with E-state index >= 15 is 0 Å². The lowest BCUT2D eigenvalue weighted by Gasteiger charge is -2.64. The third-order valence-electron chi connectivity index (χ3n) is 8.90. The largest absolute Gasteiger partial charge is 0.504 e. The van der Waals surface area contributed by atoms with Crippen molar-refractivity contribution in [2.45, 2.75) is 61.3 Å². The minimum atomic E-state index is -0.990. The predicted octanol–water partition coefficient (Wildman–Crippen LogP) is 2.20. The highest BCUT2D eigenvalue weighted by atomic mass is 16.5. The summed E-state index contributed by atoms with van der Waals surface area (Å²) in [4.78, 5) is 21.5. The number of hydrogen-bond acceptors (Lipinski definition) is 6. The summed E-state index contributed by atoms with van der Waals surface area (Å²) in [5.74, 6) is 0.623. The third-order valence-corrected chi connectivity index (χ3v) is 8.90. The molecule has 34 heavy (non-hydrogen) atoms. The Morgan fingerprint density at radius 3 is 2.88 bits per heavy atom. The molecule has 5 atom stereocenters. The zero-order valence-corrected chi connectivity index (χ0v) is 19.5. The highest BCUT2D eigenvalue weighted by Gasteiger charge is 2.73. The number of benzene rings is 1. The first-order chi connectivity index (χ1) is 16.4. The number of piperidine rings is 1. The number of carbonyl (C=O) groups is 1. The maximum Gasteiger partial charge on any atom is 0.227 e. The number of aromatic hydroxyl groups is 1. The molecule has 178 valence electrons. The van der Waals surface area contributed by atoms with Gasteiger partial charge in [0.05, 0.1) is 23.5 Å². The number of aromatic nitrogens is 1. The van der Waals surface area contributed by atoms with E-state index in [1.165, 1.54) is 0 Å². The topological polar surface area (TPSA) is 86.1 Å². The van der Waals surface area contributed by atoms with Gasteiger partial charge in [-0.1, -0.05) is 12.1 Å². The number of likely N-dealkylation sites (N-methyl/N-ethyl adjacent to an activating group) is 1. The van der Waals surface area contributed by atoms with Gasteiger partial charge in [0.15, 0.2) is 11.5 Å². The summed E-state index contributed by atoms with van der Waals surface area (Å²) in [6.45, 7) is 5.47. The number of aliphatic hydroxyl groups is 1. The molecule has 0 radical (unpaired) electrons. The zero-order valence-electron chi connectivity index (χ0n) is 19.5. The molecule has 2 bridgehead atoms. The maximum absolute atomic E-state index is 13.3.